The zero-order valence-corrected chi connectivity index (χ0v) is 18.5. The van der Waals surface area contributed by atoms with Crippen LogP contribution in [0, 0.1) is 0 Å². The largest absolute Gasteiger partial charge is 0.332 e. The van der Waals surface area contributed by atoms with E-state index < -0.39 is 10.0 Å². The minimum Gasteiger partial charge on any atom is -0.332 e. The van der Waals surface area contributed by atoms with Gasteiger partial charge in [-0.3, -0.25) is 4.72 Å². The monoisotopic (exact) mass is 485 g/mol. The topological polar surface area (TPSA) is 70.2 Å². The minimum atomic E-state index is -3.81. The van der Waals surface area contributed by atoms with E-state index in [1.807, 2.05) is 12.1 Å². The van der Waals surface area contributed by atoms with Crippen molar-refractivity contribution in [2.75, 3.05) is 15.4 Å². The van der Waals surface area contributed by atoms with Crippen LogP contribution in [0.4, 0.5) is 17.1 Å². The molecule has 3 N–H and O–H groups in total. The fourth-order valence-electron chi connectivity index (χ4n) is 2.39. The molecule has 3 aromatic rings. The first kappa shape index (κ1) is 21.7. The second-order valence-electron chi connectivity index (χ2n) is 5.85. The quantitative estimate of drug-likeness (QED) is 0.371. The maximum Gasteiger partial charge on any atom is 0.261 e. The first-order valence-electron chi connectivity index (χ1n) is 8.14. The lowest BCUT2D eigenvalue weighted by molar-refractivity contribution is 0.601. The van der Waals surface area contributed by atoms with Gasteiger partial charge >= 0.3 is 0 Å². The molecule has 0 heterocycles. The second kappa shape index (κ2) is 9.19. The average molecular weight is 487 g/mol. The van der Waals surface area contributed by atoms with E-state index in [4.69, 9.17) is 47.0 Å². The highest BCUT2D eigenvalue weighted by molar-refractivity contribution is 7.92. The van der Waals surface area contributed by atoms with Crippen LogP contribution in [0.5, 0.6) is 0 Å². The number of hydrogen-bond acceptors (Lipinski definition) is 3. The third-order valence-electron chi connectivity index (χ3n) is 3.66. The van der Waals surface area contributed by atoms with Crippen molar-refractivity contribution in [2.45, 2.75) is 4.90 Å². The van der Waals surface area contributed by atoms with Gasteiger partial charge in [0.2, 0.25) is 0 Å². The number of nitrogens with one attached hydrogen (secondary N) is 3. The van der Waals surface area contributed by atoms with Crippen LogP contribution in [0.3, 0.4) is 0 Å². The van der Waals surface area contributed by atoms with Crippen LogP contribution in [0.2, 0.25) is 15.1 Å². The summed E-state index contributed by atoms with van der Waals surface area (Å²) >= 11 is 23.2. The van der Waals surface area contributed by atoms with Crippen LogP contribution in [0.15, 0.2) is 71.6 Å². The molecule has 0 amide bonds. The van der Waals surface area contributed by atoms with Crippen LogP contribution >= 0.6 is 47.0 Å². The number of rotatable bonds is 5. The number of benzene rings is 3. The van der Waals surface area contributed by atoms with Crippen LogP contribution in [0.1, 0.15) is 0 Å². The molecule has 0 atom stereocenters. The maximum absolute atomic E-state index is 12.6. The molecule has 3 rings (SSSR count). The summed E-state index contributed by atoms with van der Waals surface area (Å²) in [5, 5.41) is 7.46. The van der Waals surface area contributed by atoms with Gasteiger partial charge in [-0.15, -0.1) is 0 Å². The van der Waals surface area contributed by atoms with E-state index in [1.165, 1.54) is 30.3 Å². The number of anilines is 3. The Balaban J connectivity index is 1.69. The van der Waals surface area contributed by atoms with E-state index in [9.17, 15) is 8.42 Å². The smallest absolute Gasteiger partial charge is 0.261 e. The van der Waals surface area contributed by atoms with Crippen molar-refractivity contribution in [3.05, 3.63) is 81.8 Å². The molecule has 0 bridgehead atoms. The van der Waals surface area contributed by atoms with Gasteiger partial charge in [-0.05, 0) is 66.8 Å². The summed E-state index contributed by atoms with van der Waals surface area (Å²) in [5.41, 5.74) is 1.55. The Kier molecular flexibility index (Phi) is 6.87. The normalized spacial score (nSPS) is 11.0. The number of sulfonamides is 1. The molecule has 0 saturated heterocycles. The minimum absolute atomic E-state index is 0.0733. The Labute approximate surface area is 189 Å². The van der Waals surface area contributed by atoms with E-state index in [-0.39, 0.29) is 10.6 Å². The van der Waals surface area contributed by atoms with Crippen molar-refractivity contribution >= 4 is 79.2 Å². The molecule has 5 nitrogen and oxygen atoms in total. The van der Waals surface area contributed by atoms with Gasteiger partial charge in [-0.25, -0.2) is 8.42 Å². The number of thiocarbonyl (C=S) groups is 1. The second-order valence-corrected chi connectivity index (χ2v) is 9.22. The number of hydrogen-bond donors (Lipinski definition) is 3. The van der Waals surface area contributed by atoms with Gasteiger partial charge in [-0.1, -0.05) is 46.9 Å². The summed E-state index contributed by atoms with van der Waals surface area (Å²) in [6.45, 7) is 0. The van der Waals surface area contributed by atoms with E-state index in [2.05, 4.69) is 15.4 Å². The summed E-state index contributed by atoms with van der Waals surface area (Å²) in [6, 6.07) is 17.7. The Bertz CT molecular complexity index is 1130. The van der Waals surface area contributed by atoms with Crippen molar-refractivity contribution in [3.8, 4) is 0 Å². The highest BCUT2D eigenvalue weighted by atomic mass is 35.5. The predicted molar refractivity (Wildman–Crippen MR) is 125 cm³/mol. The SMILES string of the molecule is O=S(=O)(Nc1cc(Cl)cc(Cl)c1)c1ccc(NC(=S)Nc2ccccc2Cl)cc1. The zero-order chi connectivity index (χ0) is 21.0. The van der Waals surface area contributed by atoms with Crippen molar-refractivity contribution in [3.63, 3.8) is 0 Å². The fourth-order valence-corrected chi connectivity index (χ4v) is 4.37. The molecular weight excluding hydrogens is 473 g/mol. The van der Waals surface area contributed by atoms with Crippen LogP contribution < -0.4 is 15.4 Å². The Morgan fingerprint density at radius 1 is 0.793 bits per heavy atom. The molecule has 0 fully saturated rings. The molecule has 0 radical (unpaired) electrons. The van der Waals surface area contributed by atoms with Gasteiger partial charge in [0.05, 0.1) is 21.3 Å². The van der Waals surface area contributed by atoms with Crippen LogP contribution in [-0.2, 0) is 10.0 Å². The summed E-state index contributed by atoms with van der Waals surface area (Å²) in [6.07, 6.45) is 0. The molecule has 0 saturated carbocycles. The first-order valence-corrected chi connectivity index (χ1v) is 11.2. The lowest BCUT2D eigenvalue weighted by Gasteiger charge is -2.13. The van der Waals surface area contributed by atoms with Gasteiger partial charge in [0, 0.05) is 15.7 Å². The van der Waals surface area contributed by atoms with Gasteiger partial charge < -0.3 is 10.6 Å². The lowest BCUT2D eigenvalue weighted by atomic mass is 10.3. The fraction of sp³-hybridized carbons (Fsp3) is 0. The molecule has 10 heteroatoms. The Hall–Kier alpha value is -2.03. The van der Waals surface area contributed by atoms with Crippen molar-refractivity contribution < 1.29 is 8.42 Å². The first-order chi connectivity index (χ1) is 13.7. The molecule has 0 aliphatic rings. The lowest BCUT2D eigenvalue weighted by Crippen LogP contribution is -2.19. The number of para-hydroxylation sites is 1. The van der Waals surface area contributed by atoms with E-state index in [0.717, 1.165) is 0 Å². The van der Waals surface area contributed by atoms with Gasteiger partial charge in [-0.2, -0.15) is 0 Å². The van der Waals surface area contributed by atoms with E-state index in [1.54, 1.807) is 24.3 Å². The molecule has 0 aromatic heterocycles. The van der Waals surface area contributed by atoms with E-state index in [0.29, 0.717) is 31.6 Å². The highest BCUT2D eigenvalue weighted by Gasteiger charge is 2.15. The van der Waals surface area contributed by atoms with Gasteiger partial charge in [0.1, 0.15) is 0 Å². The molecule has 150 valence electrons. The van der Waals surface area contributed by atoms with E-state index >= 15 is 0 Å². The highest BCUT2D eigenvalue weighted by Crippen LogP contribution is 2.25. The molecule has 0 aliphatic carbocycles. The van der Waals surface area contributed by atoms with Gasteiger partial charge in [0.15, 0.2) is 5.11 Å². The summed E-state index contributed by atoms with van der Waals surface area (Å²) in [4.78, 5) is 0.0733. The summed E-state index contributed by atoms with van der Waals surface area (Å²) in [5.74, 6) is 0. The van der Waals surface area contributed by atoms with Crippen LogP contribution in [-0.4, -0.2) is 13.5 Å². The zero-order valence-electron chi connectivity index (χ0n) is 14.6. The number of halogens is 3. The molecule has 0 aliphatic heterocycles. The third kappa shape index (κ3) is 5.98. The molecule has 0 unspecified atom stereocenters. The summed E-state index contributed by atoms with van der Waals surface area (Å²) < 4.78 is 27.6. The predicted octanol–water partition coefficient (Wildman–Crippen LogP) is 6.26. The molecule has 29 heavy (non-hydrogen) atoms. The maximum atomic E-state index is 12.6. The molecule has 3 aromatic carbocycles. The summed E-state index contributed by atoms with van der Waals surface area (Å²) in [7, 11) is -3.81. The van der Waals surface area contributed by atoms with Gasteiger partial charge in [0.25, 0.3) is 10.0 Å². The standard InChI is InChI=1S/C19H14Cl3N3O2S2/c20-12-9-13(21)11-15(10-12)25-29(26,27)16-7-5-14(6-8-16)23-19(28)24-18-4-2-1-3-17(18)22/h1-11,25H,(H2,23,24,28). The van der Waals surface area contributed by atoms with Crippen LogP contribution in [0.25, 0.3) is 0 Å². The Morgan fingerprint density at radius 2 is 1.41 bits per heavy atom. The van der Waals surface area contributed by atoms with Crippen molar-refractivity contribution in [2.24, 2.45) is 0 Å². The third-order valence-corrected chi connectivity index (χ3v) is 6.03. The van der Waals surface area contributed by atoms with Crippen molar-refractivity contribution in [1.82, 2.24) is 0 Å². The molecular formula is C19H14Cl3N3O2S2. The Morgan fingerprint density at radius 3 is 2.03 bits per heavy atom. The average Bonchev–Trinajstić information content (AvgIpc) is 2.63. The molecule has 0 spiro atoms. The van der Waals surface area contributed by atoms with Crippen molar-refractivity contribution in [1.29, 1.82) is 0 Å².